The van der Waals surface area contributed by atoms with E-state index in [0.717, 1.165) is 0 Å². The number of halogens is 1. The molecule has 1 aliphatic rings. The smallest absolute Gasteiger partial charge is 0.146 e. The van der Waals surface area contributed by atoms with Gasteiger partial charge >= 0.3 is 0 Å². The quantitative estimate of drug-likeness (QED) is 0.879. The Morgan fingerprint density at radius 3 is 2.72 bits per heavy atom. The van der Waals surface area contributed by atoms with Crippen LogP contribution in [0.15, 0.2) is 18.2 Å². The molecule has 0 bridgehead atoms. The molecule has 0 amide bonds. The molecule has 2 rings (SSSR count). The molecule has 18 heavy (non-hydrogen) atoms. The van der Waals surface area contributed by atoms with Crippen molar-refractivity contribution in [1.82, 2.24) is 0 Å². The highest BCUT2D eigenvalue weighted by Gasteiger charge is 2.32. The van der Waals surface area contributed by atoms with Crippen molar-refractivity contribution in [3.05, 3.63) is 29.6 Å². The molecule has 0 aliphatic carbocycles. The monoisotopic (exact) mass is 253 g/mol. The maximum Gasteiger partial charge on any atom is 0.146 e. The highest BCUT2D eigenvalue weighted by atomic mass is 19.1. The van der Waals surface area contributed by atoms with Crippen LogP contribution in [-0.4, -0.2) is 30.4 Å². The maximum atomic E-state index is 14.1. The lowest BCUT2D eigenvalue weighted by molar-refractivity contribution is 0.0640. The molecule has 0 aromatic heterocycles. The van der Waals surface area contributed by atoms with Gasteiger partial charge in [0.1, 0.15) is 5.82 Å². The van der Waals surface area contributed by atoms with Gasteiger partial charge in [0.25, 0.3) is 0 Å². The topological polar surface area (TPSA) is 32.7 Å². The molecular weight excluding hydrogens is 233 g/mol. The van der Waals surface area contributed by atoms with Gasteiger partial charge in [-0.2, -0.15) is 0 Å². The van der Waals surface area contributed by atoms with Crippen LogP contribution in [0.2, 0.25) is 0 Å². The molecule has 1 N–H and O–H groups in total. The van der Waals surface area contributed by atoms with E-state index in [-0.39, 0.29) is 11.4 Å². The second-order valence-corrected chi connectivity index (χ2v) is 5.40. The number of aliphatic hydroxyl groups excluding tert-OH is 1. The van der Waals surface area contributed by atoms with Crippen molar-refractivity contribution in [2.45, 2.75) is 32.4 Å². The third-order valence-corrected chi connectivity index (χ3v) is 3.39. The fourth-order valence-electron chi connectivity index (χ4n) is 2.31. The number of benzene rings is 1. The number of aliphatic hydroxyl groups is 1. The van der Waals surface area contributed by atoms with Gasteiger partial charge in [-0.15, -0.1) is 0 Å². The zero-order valence-electron chi connectivity index (χ0n) is 11.1. The van der Waals surface area contributed by atoms with Crippen molar-refractivity contribution in [2.24, 2.45) is 0 Å². The Labute approximate surface area is 107 Å². The highest BCUT2D eigenvalue weighted by Crippen LogP contribution is 2.30. The van der Waals surface area contributed by atoms with Crippen LogP contribution in [0, 0.1) is 5.82 Å². The lowest BCUT2D eigenvalue weighted by Crippen LogP contribution is -2.53. The summed E-state index contributed by atoms with van der Waals surface area (Å²) in [6, 6.07) is 4.92. The van der Waals surface area contributed by atoms with Gasteiger partial charge in [0.2, 0.25) is 0 Å². The van der Waals surface area contributed by atoms with Crippen molar-refractivity contribution in [1.29, 1.82) is 0 Å². The second-order valence-electron chi connectivity index (χ2n) is 5.40. The lowest BCUT2D eigenvalue weighted by Gasteiger charge is -2.44. The second kappa shape index (κ2) is 4.86. The number of morpholine rings is 1. The van der Waals surface area contributed by atoms with Crippen LogP contribution in [0.1, 0.15) is 32.4 Å². The number of hydrogen-bond donors (Lipinski definition) is 1. The first kappa shape index (κ1) is 13.3. The molecular formula is C14H20FNO2. The Hall–Kier alpha value is -1.13. The molecule has 0 radical (unpaired) electrons. The van der Waals surface area contributed by atoms with Gasteiger partial charge in [0.15, 0.2) is 0 Å². The van der Waals surface area contributed by atoms with Crippen LogP contribution in [0.4, 0.5) is 10.1 Å². The molecule has 100 valence electrons. The van der Waals surface area contributed by atoms with E-state index in [0.29, 0.717) is 31.0 Å². The Balaban J connectivity index is 2.33. The fourth-order valence-corrected chi connectivity index (χ4v) is 2.31. The minimum absolute atomic E-state index is 0.217. The van der Waals surface area contributed by atoms with Gasteiger partial charge in [-0.05, 0) is 38.5 Å². The predicted octanol–water partition coefficient (Wildman–Crippen LogP) is 2.49. The molecule has 1 aliphatic heterocycles. The Morgan fingerprint density at radius 1 is 1.44 bits per heavy atom. The van der Waals surface area contributed by atoms with Crippen LogP contribution in [0.25, 0.3) is 0 Å². The molecule has 3 nitrogen and oxygen atoms in total. The zero-order valence-corrected chi connectivity index (χ0v) is 11.1. The van der Waals surface area contributed by atoms with Gasteiger partial charge < -0.3 is 14.7 Å². The maximum absolute atomic E-state index is 14.1. The van der Waals surface area contributed by atoms with E-state index >= 15 is 0 Å². The van der Waals surface area contributed by atoms with Crippen LogP contribution in [0.5, 0.6) is 0 Å². The summed E-state index contributed by atoms with van der Waals surface area (Å²) in [5, 5.41) is 9.45. The number of hydrogen-bond acceptors (Lipinski definition) is 3. The Kier molecular flexibility index (Phi) is 3.59. The number of anilines is 1. The molecule has 0 spiro atoms. The average Bonchev–Trinajstić information content (AvgIpc) is 2.29. The number of ether oxygens (including phenoxy) is 1. The molecule has 1 saturated heterocycles. The van der Waals surface area contributed by atoms with Gasteiger partial charge in [0, 0.05) is 6.54 Å². The Morgan fingerprint density at radius 2 is 2.17 bits per heavy atom. The lowest BCUT2D eigenvalue weighted by atomic mass is 10.0. The van der Waals surface area contributed by atoms with Gasteiger partial charge in [0.05, 0.1) is 30.5 Å². The number of rotatable bonds is 2. The SMILES string of the molecule is C[C@H](O)c1ccc(N2CCOCC2(C)C)c(F)c1. The first-order valence-corrected chi connectivity index (χ1v) is 6.25. The van der Waals surface area contributed by atoms with Crippen LogP contribution < -0.4 is 4.90 Å². The van der Waals surface area contributed by atoms with Crippen LogP contribution in [-0.2, 0) is 4.74 Å². The minimum atomic E-state index is -0.647. The molecule has 4 heteroatoms. The zero-order chi connectivity index (χ0) is 13.3. The van der Waals surface area contributed by atoms with E-state index in [9.17, 15) is 9.50 Å². The standard InChI is InChI=1S/C14H20FNO2/c1-10(17)11-4-5-13(12(15)8-11)16-6-7-18-9-14(16,2)3/h4-5,8,10,17H,6-7,9H2,1-3H3/t10-/m0/s1. The Bertz CT molecular complexity index is 432. The van der Waals surface area contributed by atoms with E-state index in [2.05, 4.69) is 0 Å². The molecule has 1 aromatic carbocycles. The minimum Gasteiger partial charge on any atom is -0.389 e. The van der Waals surface area contributed by atoms with Gasteiger partial charge in [-0.25, -0.2) is 4.39 Å². The van der Waals surface area contributed by atoms with E-state index in [4.69, 9.17) is 4.74 Å². The van der Waals surface area contributed by atoms with Crippen molar-refractivity contribution >= 4 is 5.69 Å². The summed E-state index contributed by atoms with van der Waals surface area (Å²) in [4.78, 5) is 2.03. The summed E-state index contributed by atoms with van der Waals surface area (Å²) in [6.45, 7) is 7.58. The van der Waals surface area contributed by atoms with E-state index in [1.54, 1.807) is 19.1 Å². The summed E-state index contributed by atoms with van der Waals surface area (Å²) in [7, 11) is 0. The van der Waals surface area contributed by atoms with Crippen molar-refractivity contribution in [3.63, 3.8) is 0 Å². The first-order valence-electron chi connectivity index (χ1n) is 6.25. The largest absolute Gasteiger partial charge is 0.389 e. The summed E-state index contributed by atoms with van der Waals surface area (Å²) in [6.07, 6.45) is -0.647. The van der Waals surface area contributed by atoms with E-state index in [1.807, 2.05) is 18.7 Å². The molecule has 1 fully saturated rings. The third kappa shape index (κ3) is 2.49. The van der Waals surface area contributed by atoms with Crippen LogP contribution in [0.3, 0.4) is 0 Å². The molecule has 0 saturated carbocycles. The normalized spacial score (nSPS) is 20.8. The highest BCUT2D eigenvalue weighted by molar-refractivity contribution is 5.52. The summed E-state index contributed by atoms with van der Waals surface area (Å²) >= 11 is 0. The molecule has 1 atom stereocenters. The van der Waals surface area contributed by atoms with Crippen molar-refractivity contribution in [2.75, 3.05) is 24.7 Å². The van der Waals surface area contributed by atoms with Gasteiger partial charge in [-0.1, -0.05) is 6.07 Å². The van der Waals surface area contributed by atoms with Crippen LogP contribution >= 0.6 is 0 Å². The predicted molar refractivity (Wildman–Crippen MR) is 69.3 cm³/mol. The van der Waals surface area contributed by atoms with Gasteiger partial charge in [-0.3, -0.25) is 0 Å². The third-order valence-electron chi connectivity index (χ3n) is 3.39. The van der Waals surface area contributed by atoms with E-state index in [1.165, 1.54) is 6.07 Å². The van der Waals surface area contributed by atoms with Crippen molar-refractivity contribution < 1.29 is 14.2 Å². The van der Waals surface area contributed by atoms with E-state index < -0.39 is 6.10 Å². The summed E-state index contributed by atoms with van der Waals surface area (Å²) in [5.74, 6) is -0.289. The molecule has 1 heterocycles. The summed E-state index contributed by atoms with van der Waals surface area (Å²) in [5.41, 5.74) is 0.959. The number of nitrogens with zero attached hydrogens (tertiary/aromatic N) is 1. The first-order chi connectivity index (χ1) is 8.42. The molecule has 1 aromatic rings. The average molecular weight is 253 g/mol. The summed E-state index contributed by atoms with van der Waals surface area (Å²) < 4.78 is 19.6. The molecule has 0 unspecified atom stereocenters. The van der Waals surface area contributed by atoms with Crippen molar-refractivity contribution in [3.8, 4) is 0 Å². The fraction of sp³-hybridized carbons (Fsp3) is 0.571.